The van der Waals surface area contributed by atoms with E-state index in [1.807, 2.05) is 121 Å². The summed E-state index contributed by atoms with van der Waals surface area (Å²) in [5, 5.41) is 51.7. The van der Waals surface area contributed by atoms with Gasteiger partial charge < -0.3 is 72.9 Å². The zero-order chi connectivity index (χ0) is 66.0. The van der Waals surface area contributed by atoms with Gasteiger partial charge in [0.2, 0.25) is 0 Å². The van der Waals surface area contributed by atoms with Gasteiger partial charge in [0.1, 0.15) is 131 Å². The molecule has 0 aliphatic carbocycles. The minimum Gasteiger partial charge on any atom is -0.491 e. The van der Waals surface area contributed by atoms with Crippen molar-refractivity contribution in [2.24, 2.45) is 0 Å². The number of hydrogen-bond donors (Lipinski definition) is 5. The van der Waals surface area contributed by atoms with Gasteiger partial charge in [0.05, 0.1) is 0 Å². The number of aliphatic hydroxyl groups is 5. The van der Waals surface area contributed by atoms with Crippen LogP contribution in [0.1, 0.15) is 101 Å². The molecule has 0 spiro atoms. The highest BCUT2D eigenvalue weighted by Crippen LogP contribution is 2.36. The molecule has 19 nitrogen and oxygen atoms in total. The molecular formula is C72H86O19. The minimum atomic E-state index is -1.07. The first-order chi connectivity index (χ1) is 43.4. The smallest absolute Gasteiger partial charge is 0.330 e. The van der Waals surface area contributed by atoms with Crippen molar-refractivity contribution in [3.05, 3.63) is 204 Å². The van der Waals surface area contributed by atoms with Crippen molar-refractivity contribution in [3.8, 4) is 34.5 Å². The van der Waals surface area contributed by atoms with Crippen molar-refractivity contribution in [1.82, 2.24) is 0 Å². The highest BCUT2D eigenvalue weighted by atomic mass is 16.6. The number of rotatable bonds is 39. The Morgan fingerprint density at radius 2 is 0.495 bits per heavy atom. The number of unbranched alkanes of at least 4 members (excludes halogenated alkanes) is 1. The fraction of sp³-hybridized carbons (Fsp3) is 0.389. The molecule has 6 aromatic carbocycles. The fourth-order valence-corrected chi connectivity index (χ4v) is 9.24. The van der Waals surface area contributed by atoms with Crippen LogP contribution in [0.25, 0.3) is 0 Å². The monoisotopic (exact) mass is 1250 g/mol. The second kappa shape index (κ2) is 35.0. The summed E-state index contributed by atoms with van der Waals surface area (Å²) in [5.74, 6) is 1.10. The summed E-state index contributed by atoms with van der Waals surface area (Å²) in [6.45, 7) is 18.1. The quantitative estimate of drug-likeness (QED) is 0.0104. The third-order valence-corrected chi connectivity index (χ3v) is 15.2. The number of aliphatic hydroxyl groups excluding tert-OH is 5. The van der Waals surface area contributed by atoms with E-state index in [9.17, 15) is 44.7 Å². The molecule has 488 valence electrons. The van der Waals surface area contributed by atoms with Gasteiger partial charge in [-0.1, -0.05) is 127 Å². The van der Waals surface area contributed by atoms with Crippen LogP contribution in [0.5, 0.6) is 34.5 Å². The number of carbonyl (C=O) groups excluding carboxylic acids is 4. The van der Waals surface area contributed by atoms with Gasteiger partial charge in [-0.25, -0.2) is 9.59 Å². The summed E-state index contributed by atoms with van der Waals surface area (Å²) in [6.07, 6.45) is -2.14. The Kier molecular flexibility index (Phi) is 27.5. The number of ether oxygens (including phenoxy) is 10. The summed E-state index contributed by atoms with van der Waals surface area (Å²) < 4.78 is 54.8. The van der Waals surface area contributed by atoms with E-state index in [1.54, 1.807) is 24.3 Å². The van der Waals surface area contributed by atoms with E-state index in [4.69, 9.17) is 47.4 Å². The maximum atomic E-state index is 12.4. The van der Waals surface area contributed by atoms with E-state index >= 15 is 0 Å². The lowest BCUT2D eigenvalue weighted by Gasteiger charge is -2.27. The van der Waals surface area contributed by atoms with Gasteiger partial charge in [0, 0.05) is 41.2 Å². The number of carbonyl (C=O) groups is 4. The Labute approximate surface area is 532 Å². The third-order valence-electron chi connectivity index (χ3n) is 15.2. The normalized spacial score (nSPS) is 13.2. The lowest BCUT2D eigenvalue weighted by Crippen LogP contribution is -2.25. The predicted molar refractivity (Wildman–Crippen MR) is 341 cm³/mol. The van der Waals surface area contributed by atoms with Crippen molar-refractivity contribution in [3.63, 3.8) is 0 Å². The molecule has 91 heavy (non-hydrogen) atoms. The van der Waals surface area contributed by atoms with Crippen LogP contribution in [-0.4, -0.2) is 146 Å². The Balaban J connectivity index is 0.797. The van der Waals surface area contributed by atoms with Gasteiger partial charge in [-0.3, -0.25) is 9.59 Å². The highest BCUT2D eigenvalue weighted by Gasteiger charge is 2.27. The molecular weight excluding hydrogens is 1170 g/mol. The van der Waals surface area contributed by atoms with E-state index in [0.717, 1.165) is 45.5 Å². The van der Waals surface area contributed by atoms with Gasteiger partial charge in [-0.15, -0.1) is 0 Å². The Hall–Kier alpha value is -8.72. The van der Waals surface area contributed by atoms with E-state index in [-0.39, 0.29) is 89.7 Å². The van der Waals surface area contributed by atoms with E-state index in [0.29, 0.717) is 47.3 Å². The van der Waals surface area contributed by atoms with Crippen LogP contribution in [0.2, 0.25) is 0 Å². The standard InChI is InChI=1S/C72H86O19/c1-9-66(78)88-45-56(74)41-84-62-31-19-51(20-32-62)70(3,4)49-15-27-60(28-16-49)82-39-55(73)40-83-61-29-17-50(18-30-61)71(5,6)53-23-35-64(36-24-53)86-43-58(76)47-90-68(80)13-11-12-14-69(81)91-48-59(77)44-87-65-37-25-54(26-38-65)72(7,8)52-21-33-63(34-22-52)85-42-57(75)46-89-67(79)10-2/h9-10,15-38,55-59,73-77H,1-2,11-14,39-48H2,3-8H3. The molecule has 0 heterocycles. The molecule has 0 aliphatic heterocycles. The molecule has 0 fully saturated rings. The Bertz CT molecular complexity index is 3210. The second-order valence-corrected chi connectivity index (χ2v) is 23.4. The molecule has 0 aromatic heterocycles. The topological polar surface area (TPSA) is 262 Å². The highest BCUT2D eigenvalue weighted by molar-refractivity contribution is 5.81. The van der Waals surface area contributed by atoms with Crippen molar-refractivity contribution >= 4 is 23.9 Å². The summed E-state index contributed by atoms with van der Waals surface area (Å²) in [4.78, 5) is 47.2. The molecule has 0 radical (unpaired) electrons. The van der Waals surface area contributed by atoms with Crippen molar-refractivity contribution in [2.45, 2.75) is 114 Å². The Morgan fingerprint density at radius 1 is 0.319 bits per heavy atom. The maximum Gasteiger partial charge on any atom is 0.330 e. The lowest BCUT2D eigenvalue weighted by molar-refractivity contribution is -0.149. The third kappa shape index (κ3) is 23.2. The van der Waals surface area contributed by atoms with E-state index in [2.05, 4.69) is 54.7 Å². The van der Waals surface area contributed by atoms with Crippen LogP contribution in [0.3, 0.4) is 0 Å². The first kappa shape index (κ1) is 71.4. The first-order valence-electron chi connectivity index (χ1n) is 30.1. The number of esters is 4. The molecule has 5 unspecified atom stereocenters. The van der Waals surface area contributed by atoms with E-state index < -0.39 is 59.8 Å². The SMILES string of the molecule is C=CC(=O)OCC(O)COc1ccc(C(C)(C)c2ccc(OCC(O)COC(=O)CCCCC(=O)OCC(O)COc3ccc(C(C)(C)c4ccc(OCC(O)COc5ccc(C(C)(C)c6ccc(OCC(O)COC(=O)C=C)cc6)cc5)cc4)cc3)cc2)cc1. The molecule has 6 aromatic rings. The second-order valence-electron chi connectivity index (χ2n) is 23.4. The predicted octanol–water partition coefficient (Wildman–Crippen LogP) is 9.25. The zero-order valence-corrected chi connectivity index (χ0v) is 52.7. The van der Waals surface area contributed by atoms with Crippen LogP contribution in [-0.2, 0) is 54.4 Å². The van der Waals surface area contributed by atoms with Gasteiger partial charge in [0.15, 0.2) is 0 Å². The summed E-state index contributed by atoms with van der Waals surface area (Å²) in [6, 6.07) is 45.4. The fourth-order valence-electron chi connectivity index (χ4n) is 9.24. The van der Waals surface area contributed by atoms with Gasteiger partial charge >= 0.3 is 23.9 Å². The molecule has 5 atom stereocenters. The molecule has 0 saturated heterocycles. The first-order valence-corrected chi connectivity index (χ1v) is 30.1. The molecule has 0 aliphatic rings. The van der Waals surface area contributed by atoms with Crippen LogP contribution >= 0.6 is 0 Å². The number of hydrogen-bond acceptors (Lipinski definition) is 19. The summed E-state index contributed by atoms with van der Waals surface area (Å²) in [7, 11) is 0. The van der Waals surface area contributed by atoms with Gasteiger partial charge in [-0.2, -0.15) is 0 Å². The average molecular weight is 1260 g/mol. The molecule has 19 heteroatoms. The molecule has 0 amide bonds. The van der Waals surface area contributed by atoms with Crippen LogP contribution in [0, 0.1) is 0 Å². The van der Waals surface area contributed by atoms with Gasteiger partial charge in [0.25, 0.3) is 0 Å². The summed E-state index contributed by atoms with van der Waals surface area (Å²) >= 11 is 0. The number of benzene rings is 6. The van der Waals surface area contributed by atoms with Crippen molar-refractivity contribution < 1.29 is 92.1 Å². The zero-order valence-electron chi connectivity index (χ0n) is 52.7. The van der Waals surface area contributed by atoms with Crippen molar-refractivity contribution in [2.75, 3.05) is 66.1 Å². The Morgan fingerprint density at radius 3 is 0.681 bits per heavy atom. The van der Waals surface area contributed by atoms with Crippen LogP contribution in [0.4, 0.5) is 0 Å². The molecule has 5 N–H and O–H groups in total. The largest absolute Gasteiger partial charge is 0.491 e. The molecule has 0 saturated carbocycles. The van der Waals surface area contributed by atoms with E-state index in [1.165, 1.54) is 0 Å². The van der Waals surface area contributed by atoms with Crippen LogP contribution < -0.4 is 28.4 Å². The lowest BCUT2D eigenvalue weighted by atomic mass is 9.78. The van der Waals surface area contributed by atoms with Crippen molar-refractivity contribution in [1.29, 1.82) is 0 Å². The molecule has 0 bridgehead atoms. The van der Waals surface area contributed by atoms with Crippen LogP contribution in [0.15, 0.2) is 171 Å². The average Bonchev–Trinajstić information content (AvgIpc) is 1.08. The molecule has 6 rings (SSSR count). The maximum absolute atomic E-state index is 12.4. The van der Waals surface area contributed by atoms with Gasteiger partial charge in [-0.05, 0) is 119 Å². The minimum absolute atomic E-state index is 0.0249. The summed E-state index contributed by atoms with van der Waals surface area (Å²) in [5.41, 5.74) is 5.03.